The largest absolute Gasteiger partial charge is 0.299 e. The molecule has 0 fully saturated rings. The van der Waals surface area contributed by atoms with Crippen molar-refractivity contribution in [3.05, 3.63) is 24.8 Å². The van der Waals surface area contributed by atoms with Gasteiger partial charge in [0.05, 0.1) is 0 Å². The second-order valence-corrected chi connectivity index (χ2v) is 3.66. The Morgan fingerprint density at radius 1 is 1.54 bits per heavy atom. The standard InChI is InChI=1S/C12H20O/c1-5-7-8-10-12(4,9-6-2)11(3)13/h6,8,10H,2,5,7,9H2,1,3-4H3. The molecule has 0 rings (SSSR count). The fraction of sp³-hybridized carbons (Fsp3) is 0.583. The van der Waals surface area contributed by atoms with E-state index in [1.54, 1.807) is 13.0 Å². The van der Waals surface area contributed by atoms with Crippen molar-refractivity contribution in [1.82, 2.24) is 0 Å². The third kappa shape index (κ3) is 4.07. The molecule has 0 heterocycles. The van der Waals surface area contributed by atoms with Crippen molar-refractivity contribution < 1.29 is 4.79 Å². The number of hydrogen-bond acceptors (Lipinski definition) is 1. The molecule has 0 aromatic rings. The molecule has 0 aromatic heterocycles. The Morgan fingerprint density at radius 2 is 2.15 bits per heavy atom. The SMILES string of the molecule is C=CCC(C)(C=CCCC)C(C)=O. The van der Waals surface area contributed by atoms with E-state index in [-0.39, 0.29) is 11.2 Å². The molecule has 0 saturated carbocycles. The quantitative estimate of drug-likeness (QED) is 0.572. The lowest BCUT2D eigenvalue weighted by atomic mass is 9.82. The Balaban J connectivity index is 4.40. The number of unbranched alkanes of at least 4 members (excludes halogenated alkanes) is 1. The van der Waals surface area contributed by atoms with Gasteiger partial charge in [-0.3, -0.25) is 4.79 Å². The zero-order valence-electron chi connectivity index (χ0n) is 8.97. The Kier molecular flexibility index (Phi) is 5.36. The second-order valence-electron chi connectivity index (χ2n) is 3.66. The van der Waals surface area contributed by atoms with Gasteiger partial charge in [0.25, 0.3) is 0 Å². The van der Waals surface area contributed by atoms with Crippen LogP contribution in [0.1, 0.15) is 40.0 Å². The molecule has 74 valence electrons. The molecule has 0 bridgehead atoms. The molecule has 0 spiro atoms. The maximum Gasteiger partial charge on any atom is 0.139 e. The van der Waals surface area contributed by atoms with Gasteiger partial charge in [-0.1, -0.05) is 31.6 Å². The minimum atomic E-state index is -0.336. The summed E-state index contributed by atoms with van der Waals surface area (Å²) in [4.78, 5) is 11.4. The Labute approximate surface area is 81.5 Å². The molecule has 1 atom stereocenters. The molecule has 0 amide bonds. The number of hydrogen-bond donors (Lipinski definition) is 0. The first-order chi connectivity index (χ1) is 6.06. The van der Waals surface area contributed by atoms with Gasteiger partial charge in [0.15, 0.2) is 0 Å². The summed E-state index contributed by atoms with van der Waals surface area (Å²) >= 11 is 0. The first-order valence-corrected chi connectivity index (χ1v) is 4.86. The molecular weight excluding hydrogens is 160 g/mol. The number of allylic oxidation sites excluding steroid dienone is 3. The van der Waals surface area contributed by atoms with E-state index in [1.165, 1.54) is 0 Å². The van der Waals surface area contributed by atoms with Gasteiger partial charge >= 0.3 is 0 Å². The molecule has 0 saturated heterocycles. The molecule has 1 nitrogen and oxygen atoms in total. The summed E-state index contributed by atoms with van der Waals surface area (Å²) in [5.74, 6) is 0.208. The third-order valence-corrected chi connectivity index (χ3v) is 2.31. The van der Waals surface area contributed by atoms with E-state index in [9.17, 15) is 4.79 Å². The van der Waals surface area contributed by atoms with Gasteiger partial charge in [-0.2, -0.15) is 0 Å². The molecule has 0 N–H and O–H groups in total. The van der Waals surface area contributed by atoms with Gasteiger partial charge in [-0.05, 0) is 26.7 Å². The van der Waals surface area contributed by atoms with E-state index in [0.717, 1.165) is 19.3 Å². The molecule has 13 heavy (non-hydrogen) atoms. The second kappa shape index (κ2) is 5.74. The maximum absolute atomic E-state index is 11.4. The average Bonchev–Trinajstić information content (AvgIpc) is 2.05. The van der Waals surface area contributed by atoms with Crippen LogP contribution in [0.4, 0.5) is 0 Å². The Bertz CT molecular complexity index is 203. The zero-order valence-corrected chi connectivity index (χ0v) is 8.97. The van der Waals surface area contributed by atoms with Crippen LogP contribution < -0.4 is 0 Å². The van der Waals surface area contributed by atoms with Crippen molar-refractivity contribution in [2.75, 3.05) is 0 Å². The van der Waals surface area contributed by atoms with Crippen molar-refractivity contribution in [3.63, 3.8) is 0 Å². The van der Waals surface area contributed by atoms with Crippen LogP contribution in [0, 0.1) is 5.41 Å². The number of carbonyl (C=O) groups excluding carboxylic acids is 1. The van der Waals surface area contributed by atoms with Crippen LogP contribution >= 0.6 is 0 Å². The summed E-state index contributed by atoms with van der Waals surface area (Å²) in [7, 11) is 0. The lowest BCUT2D eigenvalue weighted by Crippen LogP contribution is -2.21. The van der Waals surface area contributed by atoms with Crippen LogP contribution in [-0.4, -0.2) is 5.78 Å². The van der Waals surface area contributed by atoms with Crippen LogP contribution in [0.2, 0.25) is 0 Å². The highest BCUT2D eigenvalue weighted by molar-refractivity contribution is 5.84. The number of ketones is 1. The van der Waals surface area contributed by atoms with Gasteiger partial charge in [-0.25, -0.2) is 0 Å². The van der Waals surface area contributed by atoms with Gasteiger partial charge in [0.1, 0.15) is 5.78 Å². The Morgan fingerprint density at radius 3 is 2.54 bits per heavy atom. The average molecular weight is 180 g/mol. The predicted octanol–water partition coefficient (Wildman–Crippen LogP) is 3.51. The fourth-order valence-corrected chi connectivity index (χ4v) is 1.14. The lowest BCUT2D eigenvalue weighted by Gasteiger charge is -2.20. The number of Topliss-reactive ketones (excluding diaryl/α,β-unsaturated/α-hetero) is 1. The molecule has 1 heteroatoms. The van der Waals surface area contributed by atoms with Crippen LogP contribution in [0.25, 0.3) is 0 Å². The van der Waals surface area contributed by atoms with Crippen molar-refractivity contribution in [3.8, 4) is 0 Å². The molecule has 0 aromatic carbocycles. The van der Waals surface area contributed by atoms with Crippen molar-refractivity contribution in [2.24, 2.45) is 5.41 Å². The molecular formula is C12H20O. The molecule has 1 unspecified atom stereocenters. The molecule has 0 aliphatic carbocycles. The molecule has 0 radical (unpaired) electrons. The first kappa shape index (κ1) is 12.2. The van der Waals surface area contributed by atoms with Crippen molar-refractivity contribution >= 4 is 5.78 Å². The highest BCUT2D eigenvalue weighted by Crippen LogP contribution is 2.25. The first-order valence-electron chi connectivity index (χ1n) is 4.86. The van der Waals surface area contributed by atoms with Gasteiger partial charge in [0.2, 0.25) is 0 Å². The van der Waals surface area contributed by atoms with Crippen LogP contribution in [0.5, 0.6) is 0 Å². The van der Waals surface area contributed by atoms with Crippen LogP contribution in [0.15, 0.2) is 24.8 Å². The smallest absolute Gasteiger partial charge is 0.139 e. The summed E-state index contributed by atoms with van der Waals surface area (Å²) in [5.41, 5.74) is -0.336. The summed E-state index contributed by atoms with van der Waals surface area (Å²) < 4.78 is 0. The summed E-state index contributed by atoms with van der Waals surface area (Å²) in [6, 6.07) is 0. The van der Waals surface area contributed by atoms with E-state index < -0.39 is 0 Å². The van der Waals surface area contributed by atoms with E-state index in [4.69, 9.17) is 0 Å². The number of rotatable bonds is 6. The van der Waals surface area contributed by atoms with E-state index in [2.05, 4.69) is 19.6 Å². The summed E-state index contributed by atoms with van der Waals surface area (Å²) in [5, 5.41) is 0. The highest BCUT2D eigenvalue weighted by atomic mass is 16.1. The monoisotopic (exact) mass is 180 g/mol. The fourth-order valence-electron chi connectivity index (χ4n) is 1.14. The highest BCUT2D eigenvalue weighted by Gasteiger charge is 2.24. The van der Waals surface area contributed by atoms with Crippen molar-refractivity contribution in [2.45, 2.75) is 40.0 Å². The minimum Gasteiger partial charge on any atom is -0.299 e. The van der Waals surface area contributed by atoms with E-state index in [0.29, 0.717) is 0 Å². The maximum atomic E-state index is 11.4. The molecule has 0 aliphatic heterocycles. The topological polar surface area (TPSA) is 17.1 Å². The normalized spacial score (nSPS) is 15.6. The lowest BCUT2D eigenvalue weighted by molar-refractivity contribution is -0.123. The van der Waals surface area contributed by atoms with Gasteiger partial charge in [0, 0.05) is 5.41 Å². The van der Waals surface area contributed by atoms with Crippen LogP contribution in [-0.2, 0) is 4.79 Å². The predicted molar refractivity (Wildman–Crippen MR) is 57.7 cm³/mol. The Hall–Kier alpha value is -0.850. The van der Waals surface area contributed by atoms with Gasteiger partial charge in [-0.15, -0.1) is 6.58 Å². The van der Waals surface area contributed by atoms with Gasteiger partial charge < -0.3 is 0 Å². The van der Waals surface area contributed by atoms with Crippen LogP contribution in [0.3, 0.4) is 0 Å². The van der Waals surface area contributed by atoms with E-state index >= 15 is 0 Å². The van der Waals surface area contributed by atoms with E-state index in [1.807, 2.05) is 13.0 Å². The zero-order chi connectivity index (χ0) is 10.3. The summed E-state index contributed by atoms with van der Waals surface area (Å²) in [6.45, 7) is 9.40. The molecule has 0 aliphatic rings. The number of carbonyl (C=O) groups is 1. The van der Waals surface area contributed by atoms with Crippen molar-refractivity contribution in [1.29, 1.82) is 0 Å². The third-order valence-electron chi connectivity index (χ3n) is 2.31. The minimum absolute atomic E-state index is 0.208. The summed E-state index contributed by atoms with van der Waals surface area (Å²) in [6.07, 6.45) is 8.80.